The summed E-state index contributed by atoms with van der Waals surface area (Å²) in [6, 6.07) is 18.2. The van der Waals surface area contributed by atoms with Gasteiger partial charge in [0.15, 0.2) is 0 Å². The standard InChI is InChI=1S/C32H38ClFN4O5S/c1-21(2)29(22-12-14-23(33)15-13-22)30(37-32(40)43-3)31(39)36-28-11-7-10-27(34)26(28)17-16-24-20-35-18-19-38(24)44(41,42)25-8-5-4-6-9-25/h4-15,21,24,29-30,35H,16-20H2,1-3H3,(H,36,39)(H,37,40)/t24-,29+,30-/m0/s1. The third-order valence-corrected chi connectivity index (χ3v) is 10.0. The first-order valence-corrected chi connectivity index (χ1v) is 16.3. The number of carbonyl (C=O) groups is 2. The Kier molecular flexibility index (Phi) is 11.4. The summed E-state index contributed by atoms with van der Waals surface area (Å²) in [5.74, 6) is -1.64. The van der Waals surface area contributed by atoms with Gasteiger partial charge in [0.25, 0.3) is 0 Å². The van der Waals surface area contributed by atoms with Gasteiger partial charge < -0.3 is 20.7 Å². The summed E-state index contributed by atoms with van der Waals surface area (Å²) < 4.78 is 48.5. The molecule has 1 aliphatic rings. The van der Waals surface area contributed by atoms with E-state index in [1.807, 2.05) is 13.8 Å². The average Bonchev–Trinajstić information content (AvgIpc) is 3.01. The molecule has 0 spiro atoms. The van der Waals surface area contributed by atoms with Crippen LogP contribution in [-0.2, 0) is 26.0 Å². The molecule has 12 heteroatoms. The van der Waals surface area contributed by atoms with Gasteiger partial charge in [-0.05, 0) is 60.7 Å². The van der Waals surface area contributed by atoms with Crippen LogP contribution in [0, 0.1) is 11.7 Å². The quantitative estimate of drug-likeness (QED) is 0.265. The van der Waals surface area contributed by atoms with Gasteiger partial charge in [-0.3, -0.25) is 4.79 Å². The number of rotatable bonds is 11. The van der Waals surface area contributed by atoms with Gasteiger partial charge in [0.05, 0.1) is 12.0 Å². The highest BCUT2D eigenvalue weighted by molar-refractivity contribution is 7.89. The first-order chi connectivity index (χ1) is 21.0. The molecule has 4 rings (SSSR count). The lowest BCUT2D eigenvalue weighted by Crippen LogP contribution is -2.53. The molecule has 1 heterocycles. The lowest BCUT2D eigenvalue weighted by atomic mass is 9.82. The van der Waals surface area contributed by atoms with E-state index in [-0.39, 0.29) is 35.0 Å². The summed E-state index contributed by atoms with van der Waals surface area (Å²) >= 11 is 6.09. The number of piperazine rings is 1. The van der Waals surface area contributed by atoms with E-state index in [9.17, 15) is 18.0 Å². The zero-order valence-electron chi connectivity index (χ0n) is 24.9. The molecule has 2 amide bonds. The van der Waals surface area contributed by atoms with Crippen molar-refractivity contribution in [3.8, 4) is 0 Å². The van der Waals surface area contributed by atoms with Crippen LogP contribution in [0.15, 0.2) is 77.7 Å². The Bertz CT molecular complexity index is 1540. The van der Waals surface area contributed by atoms with Crippen LogP contribution in [0.1, 0.15) is 37.3 Å². The topological polar surface area (TPSA) is 117 Å². The smallest absolute Gasteiger partial charge is 0.407 e. The summed E-state index contributed by atoms with van der Waals surface area (Å²) in [5, 5.41) is 9.26. The zero-order valence-corrected chi connectivity index (χ0v) is 26.5. The number of hydrogen-bond donors (Lipinski definition) is 3. The maximum atomic E-state index is 15.3. The number of sulfonamides is 1. The molecule has 1 fully saturated rings. The predicted octanol–water partition coefficient (Wildman–Crippen LogP) is 5.18. The number of nitrogens with one attached hydrogen (secondary N) is 3. The van der Waals surface area contributed by atoms with Crippen molar-refractivity contribution < 1.29 is 27.1 Å². The lowest BCUT2D eigenvalue weighted by molar-refractivity contribution is -0.118. The number of anilines is 1. The molecule has 44 heavy (non-hydrogen) atoms. The number of carbonyl (C=O) groups excluding carboxylic acids is 2. The Morgan fingerprint density at radius 1 is 1.07 bits per heavy atom. The van der Waals surface area contributed by atoms with Crippen LogP contribution in [0.5, 0.6) is 0 Å². The summed E-state index contributed by atoms with van der Waals surface area (Å²) in [4.78, 5) is 26.4. The third-order valence-electron chi connectivity index (χ3n) is 7.82. The van der Waals surface area contributed by atoms with Gasteiger partial charge in [-0.15, -0.1) is 0 Å². The molecule has 3 aromatic carbocycles. The first-order valence-electron chi connectivity index (χ1n) is 14.5. The van der Waals surface area contributed by atoms with Crippen LogP contribution in [0.25, 0.3) is 0 Å². The molecule has 3 aromatic rings. The van der Waals surface area contributed by atoms with Crippen LogP contribution in [0.4, 0.5) is 14.9 Å². The van der Waals surface area contributed by atoms with E-state index in [0.717, 1.165) is 5.56 Å². The van der Waals surface area contributed by atoms with E-state index >= 15 is 4.39 Å². The molecule has 0 radical (unpaired) electrons. The number of nitrogens with zero attached hydrogens (tertiary/aromatic N) is 1. The van der Waals surface area contributed by atoms with Crippen molar-refractivity contribution in [2.45, 2.75) is 49.6 Å². The normalized spacial score (nSPS) is 17.1. The fraction of sp³-hybridized carbons (Fsp3) is 0.375. The number of hydrogen-bond acceptors (Lipinski definition) is 6. The largest absolute Gasteiger partial charge is 0.453 e. The molecule has 0 aromatic heterocycles. The second-order valence-corrected chi connectivity index (χ2v) is 13.3. The van der Waals surface area contributed by atoms with Gasteiger partial charge in [-0.25, -0.2) is 17.6 Å². The van der Waals surface area contributed by atoms with Crippen LogP contribution in [0.2, 0.25) is 5.02 Å². The fourth-order valence-electron chi connectivity index (χ4n) is 5.64. The first kappa shape index (κ1) is 33.4. The van der Waals surface area contributed by atoms with E-state index in [1.54, 1.807) is 60.7 Å². The van der Waals surface area contributed by atoms with Gasteiger partial charge >= 0.3 is 6.09 Å². The minimum absolute atomic E-state index is 0.0904. The molecule has 0 unspecified atom stereocenters. The number of ether oxygens (including phenoxy) is 1. The Morgan fingerprint density at radius 3 is 2.43 bits per heavy atom. The molecule has 1 aliphatic heterocycles. The maximum Gasteiger partial charge on any atom is 0.407 e. The van der Waals surface area contributed by atoms with E-state index in [4.69, 9.17) is 16.3 Å². The van der Waals surface area contributed by atoms with E-state index in [2.05, 4.69) is 16.0 Å². The summed E-state index contributed by atoms with van der Waals surface area (Å²) in [7, 11) is -2.55. The van der Waals surface area contributed by atoms with Crippen molar-refractivity contribution in [3.63, 3.8) is 0 Å². The molecule has 1 saturated heterocycles. The van der Waals surface area contributed by atoms with Crippen molar-refractivity contribution in [1.82, 2.24) is 14.9 Å². The Balaban J connectivity index is 1.59. The van der Waals surface area contributed by atoms with Crippen LogP contribution < -0.4 is 16.0 Å². The minimum atomic E-state index is -3.76. The van der Waals surface area contributed by atoms with Crippen molar-refractivity contribution in [2.75, 3.05) is 32.1 Å². The third kappa shape index (κ3) is 7.95. The number of alkyl carbamates (subject to hydrolysis) is 1. The highest BCUT2D eigenvalue weighted by Crippen LogP contribution is 2.31. The fourth-order valence-corrected chi connectivity index (χ4v) is 7.44. The van der Waals surface area contributed by atoms with E-state index in [1.165, 1.54) is 23.5 Å². The Hall–Kier alpha value is -3.51. The van der Waals surface area contributed by atoms with Crippen molar-refractivity contribution in [3.05, 3.63) is 94.8 Å². The molecule has 3 N–H and O–H groups in total. The lowest BCUT2D eigenvalue weighted by Gasteiger charge is -2.35. The van der Waals surface area contributed by atoms with Gasteiger partial charge in [0.1, 0.15) is 11.9 Å². The monoisotopic (exact) mass is 644 g/mol. The highest BCUT2D eigenvalue weighted by atomic mass is 35.5. The van der Waals surface area contributed by atoms with Gasteiger partial charge in [-0.2, -0.15) is 4.31 Å². The number of benzene rings is 3. The molecule has 9 nitrogen and oxygen atoms in total. The van der Waals surface area contributed by atoms with E-state index < -0.39 is 45.8 Å². The van der Waals surface area contributed by atoms with E-state index in [0.29, 0.717) is 24.5 Å². The molecular formula is C32H38ClFN4O5S. The molecule has 0 bridgehead atoms. The summed E-state index contributed by atoms with van der Waals surface area (Å²) in [5.41, 5.74) is 1.27. The molecule has 3 atom stereocenters. The average molecular weight is 645 g/mol. The molecule has 236 valence electrons. The number of amides is 2. The second-order valence-electron chi connectivity index (χ2n) is 11.0. The SMILES string of the molecule is COC(=O)N[C@H](C(=O)Nc1cccc(F)c1CC[C@H]1CNCCN1S(=O)(=O)c1ccccc1)[C@@H](c1ccc(Cl)cc1)C(C)C. The number of halogens is 2. The van der Waals surface area contributed by atoms with Crippen molar-refractivity contribution >= 4 is 39.3 Å². The highest BCUT2D eigenvalue weighted by Gasteiger charge is 2.35. The number of methoxy groups -OCH3 is 1. The zero-order chi connectivity index (χ0) is 31.9. The van der Waals surface area contributed by atoms with Crippen molar-refractivity contribution in [1.29, 1.82) is 0 Å². The summed E-state index contributed by atoms with van der Waals surface area (Å²) in [6.45, 7) is 5.05. The second kappa shape index (κ2) is 15.0. The maximum absolute atomic E-state index is 15.3. The molecular weight excluding hydrogens is 607 g/mol. The van der Waals surface area contributed by atoms with Gasteiger partial charge in [0, 0.05) is 47.9 Å². The summed E-state index contributed by atoms with van der Waals surface area (Å²) in [6.07, 6.45) is -0.310. The molecule has 0 aliphatic carbocycles. The Labute approximate surface area is 263 Å². The van der Waals surface area contributed by atoms with Crippen LogP contribution >= 0.6 is 11.6 Å². The van der Waals surface area contributed by atoms with Gasteiger partial charge in [0.2, 0.25) is 15.9 Å². The van der Waals surface area contributed by atoms with Crippen LogP contribution in [-0.4, -0.2) is 63.6 Å². The predicted molar refractivity (Wildman–Crippen MR) is 169 cm³/mol. The minimum Gasteiger partial charge on any atom is -0.453 e. The molecule has 0 saturated carbocycles. The van der Waals surface area contributed by atoms with Gasteiger partial charge in [-0.1, -0.05) is 61.8 Å². The van der Waals surface area contributed by atoms with Crippen LogP contribution in [0.3, 0.4) is 0 Å². The Morgan fingerprint density at radius 2 is 1.77 bits per heavy atom. The van der Waals surface area contributed by atoms with Crippen molar-refractivity contribution in [2.24, 2.45) is 5.92 Å².